The summed E-state index contributed by atoms with van der Waals surface area (Å²) in [4.78, 5) is 0. The zero-order valence-corrected chi connectivity index (χ0v) is 9.85. The molecule has 0 saturated carbocycles. The first-order chi connectivity index (χ1) is 6.67. The summed E-state index contributed by atoms with van der Waals surface area (Å²) in [6.07, 6.45) is 6.41. The maximum atomic E-state index is 11.8. The third-order valence-corrected chi connectivity index (χ3v) is 4.75. The van der Waals surface area contributed by atoms with Crippen molar-refractivity contribution in [3.63, 3.8) is 0 Å². The average Bonchev–Trinajstić information content (AvgIpc) is 2.01. The Hall–Kier alpha value is -0.0900. The second kappa shape index (κ2) is 5.71. The van der Waals surface area contributed by atoms with Gasteiger partial charge in [0.2, 0.25) is 10.0 Å². The van der Waals surface area contributed by atoms with Crippen molar-refractivity contribution in [2.24, 2.45) is 0 Å². The van der Waals surface area contributed by atoms with Gasteiger partial charge in [0.1, 0.15) is 0 Å². The van der Waals surface area contributed by atoms with Crippen molar-refractivity contribution in [1.82, 2.24) is 4.31 Å². The van der Waals surface area contributed by atoms with Gasteiger partial charge in [-0.3, -0.25) is 0 Å². The van der Waals surface area contributed by atoms with Crippen molar-refractivity contribution >= 4 is 10.0 Å². The van der Waals surface area contributed by atoms with E-state index in [1.54, 1.807) is 4.31 Å². The maximum Gasteiger partial charge on any atom is 0.214 e. The number of hydrogen-bond donors (Lipinski definition) is 0. The molecule has 1 aliphatic rings. The van der Waals surface area contributed by atoms with Gasteiger partial charge in [-0.1, -0.05) is 26.2 Å². The number of nitrogens with zero attached hydrogens (tertiary/aromatic N) is 1. The van der Waals surface area contributed by atoms with Crippen LogP contribution in [-0.4, -0.2) is 31.6 Å². The van der Waals surface area contributed by atoms with Gasteiger partial charge in [0, 0.05) is 13.1 Å². The Labute approximate surface area is 87.5 Å². The number of hydrogen-bond acceptors (Lipinski definition) is 2. The molecule has 84 valence electrons. The summed E-state index contributed by atoms with van der Waals surface area (Å²) in [6, 6.07) is 0. The standard InChI is InChI=1S/C10H21NO2S/c1-2-10-14(12,13)11-8-6-4-3-5-7-9-11/h2-10H2,1H3. The zero-order chi connectivity index (χ0) is 10.4. The quantitative estimate of drug-likeness (QED) is 0.728. The van der Waals surface area contributed by atoms with Crippen molar-refractivity contribution in [2.75, 3.05) is 18.8 Å². The summed E-state index contributed by atoms with van der Waals surface area (Å²) in [5.74, 6) is 0.312. The van der Waals surface area contributed by atoms with E-state index in [1.807, 2.05) is 6.92 Å². The molecule has 0 spiro atoms. The van der Waals surface area contributed by atoms with Crippen molar-refractivity contribution in [1.29, 1.82) is 0 Å². The Morgan fingerprint density at radius 2 is 1.50 bits per heavy atom. The maximum absolute atomic E-state index is 11.8. The minimum atomic E-state index is -2.94. The normalized spacial score (nSPS) is 21.5. The Morgan fingerprint density at radius 3 is 2.00 bits per heavy atom. The Morgan fingerprint density at radius 1 is 1.00 bits per heavy atom. The topological polar surface area (TPSA) is 37.4 Å². The van der Waals surface area contributed by atoms with E-state index >= 15 is 0 Å². The predicted molar refractivity (Wildman–Crippen MR) is 58.7 cm³/mol. The van der Waals surface area contributed by atoms with Crippen LogP contribution >= 0.6 is 0 Å². The summed E-state index contributed by atoms with van der Waals surface area (Å²) >= 11 is 0. The molecule has 0 aromatic carbocycles. The highest BCUT2D eigenvalue weighted by Gasteiger charge is 2.20. The van der Waals surface area contributed by atoms with Gasteiger partial charge in [-0.25, -0.2) is 12.7 Å². The molecular weight excluding hydrogens is 198 g/mol. The smallest absolute Gasteiger partial charge is 0.212 e. The second-order valence-corrected chi connectivity index (χ2v) is 6.07. The molecule has 0 aromatic rings. The van der Waals surface area contributed by atoms with E-state index in [0.29, 0.717) is 5.75 Å². The molecule has 0 aliphatic carbocycles. The van der Waals surface area contributed by atoms with Gasteiger partial charge in [0.05, 0.1) is 5.75 Å². The number of rotatable bonds is 3. The molecule has 1 rings (SSSR count). The van der Waals surface area contributed by atoms with Crippen LogP contribution in [0.5, 0.6) is 0 Å². The Kier molecular flexibility index (Phi) is 4.89. The Balaban J connectivity index is 2.54. The molecule has 3 nitrogen and oxygen atoms in total. The molecule has 0 radical (unpaired) electrons. The van der Waals surface area contributed by atoms with Crippen LogP contribution in [0.1, 0.15) is 45.4 Å². The van der Waals surface area contributed by atoms with E-state index in [0.717, 1.165) is 32.4 Å². The second-order valence-electron chi connectivity index (χ2n) is 3.98. The van der Waals surface area contributed by atoms with E-state index in [1.165, 1.54) is 19.3 Å². The fraction of sp³-hybridized carbons (Fsp3) is 1.00. The summed E-state index contributed by atoms with van der Waals surface area (Å²) < 4.78 is 25.2. The van der Waals surface area contributed by atoms with Gasteiger partial charge in [-0.15, -0.1) is 0 Å². The molecular formula is C10H21NO2S. The SMILES string of the molecule is CCCS(=O)(=O)N1CCCCCCC1. The van der Waals surface area contributed by atoms with Crippen LogP contribution in [-0.2, 0) is 10.0 Å². The lowest BCUT2D eigenvalue weighted by Crippen LogP contribution is -2.35. The third kappa shape index (κ3) is 3.58. The lowest BCUT2D eigenvalue weighted by atomic mass is 10.1. The van der Waals surface area contributed by atoms with Gasteiger partial charge in [-0.2, -0.15) is 0 Å². The van der Waals surface area contributed by atoms with Gasteiger partial charge in [-0.05, 0) is 19.3 Å². The minimum absolute atomic E-state index is 0.312. The summed E-state index contributed by atoms with van der Waals surface area (Å²) in [6.45, 7) is 3.40. The predicted octanol–water partition coefficient (Wildman–Crippen LogP) is 1.99. The van der Waals surface area contributed by atoms with Crippen LogP contribution in [0.15, 0.2) is 0 Å². The average molecular weight is 219 g/mol. The molecule has 1 aliphatic heterocycles. The fourth-order valence-electron chi connectivity index (χ4n) is 1.88. The van der Waals surface area contributed by atoms with Crippen LogP contribution in [0.2, 0.25) is 0 Å². The molecule has 0 atom stereocenters. The molecule has 0 aromatic heterocycles. The Bertz CT molecular complexity index is 241. The molecule has 4 heteroatoms. The lowest BCUT2D eigenvalue weighted by molar-refractivity contribution is 0.364. The van der Waals surface area contributed by atoms with E-state index < -0.39 is 10.0 Å². The van der Waals surface area contributed by atoms with Crippen molar-refractivity contribution in [3.05, 3.63) is 0 Å². The summed E-state index contributed by atoms with van der Waals surface area (Å²) in [5.41, 5.74) is 0. The van der Waals surface area contributed by atoms with E-state index in [4.69, 9.17) is 0 Å². The van der Waals surface area contributed by atoms with Crippen LogP contribution in [0, 0.1) is 0 Å². The summed E-state index contributed by atoms with van der Waals surface area (Å²) in [7, 11) is -2.94. The van der Waals surface area contributed by atoms with E-state index in [-0.39, 0.29) is 0 Å². The third-order valence-electron chi connectivity index (χ3n) is 2.67. The minimum Gasteiger partial charge on any atom is -0.212 e. The van der Waals surface area contributed by atoms with Crippen molar-refractivity contribution < 1.29 is 8.42 Å². The largest absolute Gasteiger partial charge is 0.214 e. The van der Waals surface area contributed by atoms with Crippen LogP contribution in [0.25, 0.3) is 0 Å². The van der Waals surface area contributed by atoms with Crippen LogP contribution in [0.3, 0.4) is 0 Å². The number of sulfonamides is 1. The molecule has 1 saturated heterocycles. The highest BCUT2D eigenvalue weighted by molar-refractivity contribution is 7.89. The van der Waals surface area contributed by atoms with Crippen LogP contribution < -0.4 is 0 Å². The first-order valence-electron chi connectivity index (χ1n) is 5.64. The molecule has 0 unspecified atom stereocenters. The van der Waals surface area contributed by atoms with Crippen LogP contribution in [0.4, 0.5) is 0 Å². The van der Waals surface area contributed by atoms with Gasteiger partial charge < -0.3 is 0 Å². The van der Waals surface area contributed by atoms with E-state index in [9.17, 15) is 8.42 Å². The monoisotopic (exact) mass is 219 g/mol. The first kappa shape index (κ1) is 12.0. The molecule has 14 heavy (non-hydrogen) atoms. The molecule has 0 amide bonds. The van der Waals surface area contributed by atoms with Gasteiger partial charge in [0.25, 0.3) is 0 Å². The fourth-order valence-corrected chi connectivity index (χ4v) is 3.47. The molecule has 1 fully saturated rings. The molecule has 0 bridgehead atoms. The first-order valence-corrected chi connectivity index (χ1v) is 7.25. The summed E-state index contributed by atoms with van der Waals surface area (Å²) in [5, 5.41) is 0. The highest BCUT2D eigenvalue weighted by Crippen LogP contribution is 2.14. The molecule has 0 N–H and O–H groups in total. The molecule has 1 heterocycles. The van der Waals surface area contributed by atoms with Gasteiger partial charge >= 0.3 is 0 Å². The van der Waals surface area contributed by atoms with Gasteiger partial charge in [0.15, 0.2) is 0 Å². The lowest BCUT2D eigenvalue weighted by Gasteiger charge is -2.23. The van der Waals surface area contributed by atoms with E-state index in [2.05, 4.69) is 0 Å². The zero-order valence-electron chi connectivity index (χ0n) is 9.04. The highest BCUT2D eigenvalue weighted by atomic mass is 32.2. The van der Waals surface area contributed by atoms with Crippen molar-refractivity contribution in [2.45, 2.75) is 45.4 Å². The van der Waals surface area contributed by atoms with Crippen molar-refractivity contribution in [3.8, 4) is 0 Å².